The summed E-state index contributed by atoms with van der Waals surface area (Å²) in [6.45, 7) is 4.19. The second kappa shape index (κ2) is 7.03. The molecule has 110 valence electrons. The van der Waals surface area contributed by atoms with Gasteiger partial charge in [-0.15, -0.1) is 0 Å². The lowest BCUT2D eigenvalue weighted by atomic mass is 10.2. The summed E-state index contributed by atoms with van der Waals surface area (Å²) < 4.78 is 2.84. The van der Waals surface area contributed by atoms with E-state index < -0.39 is 0 Å². The van der Waals surface area contributed by atoms with Crippen molar-refractivity contribution in [3.05, 3.63) is 47.5 Å². The molecule has 0 spiro atoms. The minimum absolute atomic E-state index is 0.373. The lowest BCUT2D eigenvalue weighted by molar-refractivity contribution is 0.534. The minimum Gasteiger partial charge on any atom is -0.384 e. The van der Waals surface area contributed by atoms with Crippen LogP contribution in [0.2, 0.25) is 0 Å². The third-order valence-electron chi connectivity index (χ3n) is 2.68. The number of pyridine rings is 1. The molecule has 0 bridgehead atoms. The van der Waals surface area contributed by atoms with Crippen molar-refractivity contribution in [1.82, 2.24) is 25.0 Å². The smallest absolute Gasteiger partial charge is 0.123 e. The SMILES string of the molecule is Brc1ccn[nH]1.CC(C)n1ccc(-c2ccnc(N)c2)n1. The Morgan fingerprint density at radius 1 is 1.24 bits per heavy atom. The molecule has 6 nitrogen and oxygen atoms in total. The summed E-state index contributed by atoms with van der Waals surface area (Å²) in [4.78, 5) is 3.95. The lowest BCUT2D eigenvalue weighted by Crippen LogP contribution is -2.00. The number of aromatic nitrogens is 5. The number of nitrogens with one attached hydrogen (secondary N) is 1. The fourth-order valence-corrected chi connectivity index (χ4v) is 1.85. The molecule has 0 amide bonds. The predicted octanol–water partition coefficient (Wildman–Crippen LogP) is 3.28. The molecule has 3 rings (SSSR count). The van der Waals surface area contributed by atoms with Crippen molar-refractivity contribution in [2.24, 2.45) is 0 Å². The topological polar surface area (TPSA) is 85.4 Å². The Hall–Kier alpha value is -2.15. The molecular weight excluding hydrogens is 332 g/mol. The number of aromatic amines is 1. The van der Waals surface area contributed by atoms with Crippen molar-refractivity contribution in [2.75, 3.05) is 5.73 Å². The number of H-pyrrole nitrogens is 1. The van der Waals surface area contributed by atoms with Gasteiger partial charge in [0.15, 0.2) is 0 Å². The van der Waals surface area contributed by atoms with Crippen LogP contribution >= 0.6 is 15.9 Å². The monoisotopic (exact) mass is 348 g/mol. The Labute approximate surface area is 131 Å². The van der Waals surface area contributed by atoms with Crippen LogP contribution in [-0.2, 0) is 0 Å². The molecule has 0 aliphatic heterocycles. The van der Waals surface area contributed by atoms with Gasteiger partial charge in [-0.1, -0.05) is 0 Å². The Kier molecular flexibility index (Phi) is 5.10. The number of rotatable bonds is 2. The summed E-state index contributed by atoms with van der Waals surface area (Å²) in [7, 11) is 0. The van der Waals surface area contributed by atoms with E-state index in [1.54, 1.807) is 12.4 Å². The molecule has 0 radical (unpaired) electrons. The third kappa shape index (κ3) is 4.42. The maximum Gasteiger partial charge on any atom is 0.123 e. The number of hydrogen-bond donors (Lipinski definition) is 2. The molecule has 0 fully saturated rings. The molecule has 0 aromatic carbocycles. The zero-order chi connectivity index (χ0) is 15.2. The third-order valence-corrected chi connectivity index (χ3v) is 3.12. The molecule has 0 saturated heterocycles. The minimum atomic E-state index is 0.373. The molecular formula is C14H17BrN6. The molecule has 0 unspecified atom stereocenters. The maximum atomic E-state index is 5.62. The van der Waals surface area contributed by atoms with Crippen molar-refractivity contribution >= 4 is 21.7 Å². The Balaban J connectivity index is 0.000000225. The maximum absolute atomic E-state index is 5.62. The van der Waals surface area contributed by atoms with Crippen molar-refractivity contribution < 1.29 is 0 Å². The number of nitrogens with zero attached hydrogens (tertiary/aromatic N) is 4. The first-order valence-electron chi connectivity index (χ1n) is 6.48. The van der Waals surface area contributed by atoms with Crippen molar-refractivity contribution in [1.29, 1.82) is 0 Å². The molecule has 7 heteroatoms. The van der Waals surface area contributed by atoms with E-state index in [-0.39, 0.29) is 0 Å². The quantitative estimate of drug-likeness (QED) is 0.743. The highest BCUT2D eigenvalue weighted by Gasteiger charge is 2.04. The van der Waals surface area contributed by atoms with Gasteiger partial charge in [0, 0.05) is 30.2 Å². The summed E-state index contributed by atoms with van der Waals surface area (Å²) in [6.07, 6.45) is 5.35. The van der Waals surface area contributed by atoms with Gasteiger partial charge in [-0.3, -0.25) is 9.78 Å². The highest BCUT2D eigenvalue weighted by Crippen LogP contribution is 2.18. The van der Waals surface area contributed by atoms with E-state index in [4.69, 9.17) is 5.73 Å². The summed E-state index contributed by atoms with van der Waals surface area (Å²) in [6, 6.07) is 7.92. The number of nitrogen functional groups attached to an aromatic ring is 1. The van der Waals surface area contributed by atoms with E-state index in [1.165, 1.54) is 0 Å². The van der Waals surface area contributed by atoms with Gasteiger partial charge in [0.05, 0.1) is 5.69 Å². The summed E-state index contributed by atoms with van der Waals surface area (Å²) in [5.41, 5.74) is 7.55. The molecule has 3 aromatic heterocycles. The number of halogens is 1. The van der Waals surface area contributed by atoms with Gasteiger partial charge in [-0.05, 0) is 54.0 Å². The van der Waals surface area contributed by atoms with Crippen molar-refractivity contribution in [2.45, 2.75) is 19.9 Å². The fraction of sp³-hybridized carbons (Fsp3) is 0.214. The van der Waals surface area contributed by atoms with Gasteiger partial charge >= 0.3 is 0 Å². The Morgan fingerprint density at radius 3 is 2.52 bits per heavy atom. The first-order valence-corrected chi connectivity index (χ1v) is 7.27. The van der Waals surface area contributed by atoms with Gasteiger partial charge < -0.3 is 5.73 Å². The highest BCUT2D eigenvalue weighted by molar-refractivity contribution is 9.10. The zero-order valence-corrected chi connectivity index (χ0v) is 13.4. The predicted molar refractivity (Wildman–Crippen MR) is 86.5 cm³/mol. The molecule has 21 heavy (non-hydrogen) atoms. The van der Waals surface area contributed by atoms with E-state index in [1.807, 2.05) is 35.1 Å². The van der Waals surface area contributed by atoms with Gasteiger partial charge in [0.1, 0.15) is 10.4 Å². The number of hydrogen-bond acceptors (Lipinski definition) is 4. The number of nitrogens with two attached hydrogens (primary N) is 1. The van der Waals surface area contributed by atoms with E-state index in [0.29, 0.717) is 11.9 Å². The molecule has 0 atom stereocenters. The first-order chi connectivity index (χ1) is 10.1. The van der Waals surface area contributed by atoms with E-state index in [2.05, 4.69) is 50.1 Å². The van der Waals surface area contributed by atoms with Crippen molar-refractivity contribution in [3.63, 3.8) is 0 Å². The van der Waals surface area contributed by atoms with E-state index >= 15 is 0 Å². The zero-order valence-electron chi connectivity index (χ0n) is 11.9. The van der Waals surface area contributed by atoms with Crippen LogP contribution < -0.4 is 5.73 Å². The molecule has 0 aliphatic rings. The van der Waals surface area contributed by atoms with Crippen LogP contribution in [0.1, 0.15) is 19.9 Å². The normalized spacial score (nSPS) is 10.3. The van der Waals surface area contributed by atoms with Crippen molar-refractivity contribution in [3.8, 4) is 11.3 Å². The van der Waals surface area contributed by atoms with Crippen LogP contribution in [0.3, 0.4) is 0 Å². The van der Waals surface area contributed by atoms with Crippen LogP contribution in [-0.4, -0.2) is 25.0 Å². The van der Waals surface area contributed by atoms with E-state index in [9.17, 15) is 0 Å². The van der Waals surface area contributed by atoms with Crippen LogP contribution in [0.15, 0.2) is 47.5 Å². The van der Waals surface area contributed by atoms with Gasteiger partial charge in [0.25, 0.3) is 0 Å². The Bertz CT molecular complexity index is 674. The second-order valence-corrected chi connectivity index (χ2v) is 5.50. The molecule has 0 saturated carbocycles. The van der Waals surface area contributed by atoms with Crippen LogP contribution in [0.5, 0.6) is 0 Å². The van der Waals surface area contributed by atoms with Gasteiger partial charge in [-0.25, -0.2) is 4.98 Å². The summed E-state index contributed by atoms with van der Waals surface area (Å²) in [5, 5.41) is 10.8. The average Bonchev–Trinajstić information content (AvgIpc) is 3.10. The fourth-order valence-electron chi connectivity index (χ4n) is 1.63. The van der Waals surface area contributed by atoms with Gasteiger partial charge in [0.2, 0.25) is 0 Å². The standard InChI is InChI=1S/C11H14N4.C3H3BrN2/c1-8(2)15-6-4-10(14-15)9-3-5-13-11(12)7-9;4-3-1-2-5-6-3/h3-8H,1-2H3,(H2,12,13);1-2H,(H,5,6). The van der Waals surface area contributed by atoms with Gasteiger partial charge in [-0.2, -0.15) is 10.2 Å². The van der Waals surface area contributed by atoms with Crippen LogP contribution in [0, 0.1) is 0 Å². The highest BCUT2D eigenvalue weighted by atomic mass is 79.9. The summed E-state index contributed by atoms with van der Waals surface area (Å²) >= 11 is 3.16. The first kappa shape index (κ1) is 15.2. The lowest BCUT2D eigenvalue weighted by Gasteiger charge is -2.03. The molecule has 3 N–H and O–H groups in total. The van der Waals surface area contributed by atoms with E-state index in [0.717, 1.165) is 15.9 Å². The summed E-state index contributed by atoms with van der Waals surface area (Å²) in [5.74, 6) is 0.520. The number of anilines is 1. The molecule has 3 aromatic rings. The molecule has 0 aliphatic carbocycles. The largest absolute Gasteiger partial charge is 0.384 e. The van der Waals surface area contributed by atoms with Crippen LogP contribution in [0.25, 0.3) is 11.3 Å². The average molecular weight is 349 g/mol. The molecule has 3 heterocycles. The van der Waals surface area contributed by atoms with Crippen LogP contribution in [0.4, 0.5) is 5.82 Å². The second-order valence-electron chi connectivity index (χ2n) is 4.65. The Morgan fingerprint density at radius 2 is 2.05 bits per heavy atom.